The molecular weight excluding hydrogens is 351 g/mol. The van der Waals surface area contributed by atoms with E-state index in [-0.39, 0.29) is 17.6 Å². The second kappa shape index (κ2) is 8.36. The van der Waals surface area contributed by atoms with E-state index in [1.807, 2.05) is 28.8 Å². The summed E-state index contributed by atoms with van der Waals surface area (Å²) in [5.74, 6) is 1.52. The van der Waals surface area contributed by atoms with Crippen molar-refractivity contribution in [2.24, 2.45) is 0 Å². The Kier molecular flexibility index (Phi) is 5.93. The van der Waals surface area contributed by atoms with Crippen LogP contribution in [0, 0.1) is 12.7 Å². The number of amides is 2. The molecular formula is C20H21FN2O2S. The number of aryl methyl sites for hydroxylation is 1. The summed E-state index contributed by atoms with van der Waals surface area (Å²) >= 11 is 1.87. The van der Waals surface area contributed by atoms with Crippen LogP contribution in [0.15, 0.2) is 42.5 Å². The zero-order valence-corrected chi connectivity index (χ0v) is 15.4. The van der Waals surface area contributed by atoms with E-state index in [0.29, 0.717) is 23.2 Å². The van der Waals surface area contributed by atoms with E-state index in [1.165, 1.54) is 18.2 Å². The van der Waals surface area contributed by atoms with Crippen molar-refractivity contribution in [3.05, 3.63) is 65.0 Å². The summed E-state index contributed by atoms with van der Waals surface area (Å²) < 4.78 is 13.3. The Balaban J connectivity index is 1.59. The van der Waals surface area contributed by atoms with E-state index in [4.69, 9.17) is 0 Å². The molecule has 6 heteroatoms. The van der Waals surface area contributed by atoms with E-state index in [1.54, 1.807) is 19.1 Å². The van der Waals surface area contributed by atoms with Crippen molar-refractivity contribution in [2.75, 3.05) is 29.9 Å². The van der Waals surface area contributed by atoms with Crippen molar-refractivity contribution in [3.63, 3.8) is 0 Å². The zero-order valence-electron chi connectivity index (χ0n) is 14.6. The first-order valence-electron chi connectivity index (χ1n) is 8.55. The minimum absolute atomic E-state index is 0.142. The number of benzene rings is 2. The van der Waals surface area contributed by atoms with Gasteiger partial charge in [0.05, 0.1) is 6.42 Å². The number of rotatable bonds is 4. The van der Waals surface area contributed by atoms with Gasteiger partial charge in [0.25, 0.3) is 5.91 Å². The Hall–Kier alpha value is -2.34. The first-order chi connectivity index (χ1) is 12.5. The molecule has 0 bridgehead atoms. The second-order valence-electron chi connectivity index (χ2n) is 6.28. The topological polar surface area (TPSA) is 49.4 Å². The highest BCUT2D eigenvalue weighted by atomic mass is 32.2. The van der Waals surface area contributed by atoms with Gasteiger partial charge in [-0.15, -0.1) is 0 Å². The number of carbonyl (C=O) groups excluding carboxylic acids is 2. The van der Waals surface area contributed by atoms with Gasteiger partial charge >= 0.3 is 0 Å². The molecule has 0 aliphatic carbocycles. The SMILES string of the molecule is Cc1cc(C(=O)Nc2ccc(CC(=O)N3CCSCC3)cc2)ccc1F. The van der Waals surface area contributed by atoms with Crippen LogP contribution in [0.1, 0.15) is 21.5 Å². The molecule has 2 aromatic carbocycles. The van der Waals surface area contributed by atoms with Crippen LogP contribution in [-0.4, -0.2) is 41.3 Å². The molecule has 0 radical (unpaired) electrons. The summed E-state index contributed by atoms with van der Waals surface area (Å²) in [4.78, 5) is 26.4. The molecule has 1 aliphatic heterocycles. The predicted octanol–water partition coefficient (Wildman–Crippen LogP) is 3.50. The molecule has 26 heavy (non-hydrogen) atoms. The quantitative estimate of drug-likeness (QED) is 0.894. The fourth-order valence-corrected chi connectivity index (χ4v) is 3.70. The highest BCUT2D eigenvalue weighted by Crippen LogP contribution is 2.16. The van der Waals surface area contributed by atoms with E-state index in [9.17, 15) is 14.0 Å². The zero-order chi connectivity index (χ0) is 18.5. The van der Waals surface area contributed by atoms with Gasteiger partial charge in [0, 0.05) is 35.8 Å². The molecule has 1 N–H and O–H groups in total. The van der Waals surface area contributed by atoms with Gasteiger partial charge in [0.2, 0.25) is 5.91 Å². The summed E-state index contributed by atoms with van der Waals surface area (Å²) in [5, 5.41) is 2.79. The van der Waals surface area contributed by atoms with Crippen molar-refractivity contribution in [3.8, 4) is 0 Å². The number of nitrogens with zero attached hydrogens (tertiary/aromatic N) is 1. The molecule has 1 aliphatic rings. The Morgan fingerprint density at radius 3 is 2.46 bits per heavy atom. The molecule has 1 fully saturated rings. The highest BCUT2D eigenvalue weighted by molar-refractivity contribution is 7.99. The summed E-state index contributed by atoms with van der Waals surface area (Å²) in [6.45, 7) is 3.25. The molecule has 0 saturated carbocycles. The maximum absolute atomic E-state index is 13.3. The molecule has 0 unspecified atom stereocenters. The molecule has 136 valence electrons. The normalized spacial score (nSPS) is 14.2. The standard InChI is InChI=1S/C20H21FN2O2S/c1-14-12-16(4-7-18(14)21)20(25)22-17-5-2-15(3-6-17)13-19(24)23-8-10-26-11-9-23/h2-7,12H,8-11,13H2,1H3,(H,22,25). The third-order valence-electron chi connectivity index (χ3n) is 4.35. The van der Waals surface area contributed by atoms with Crippen molar-refractivity contribution >= 4 is 29.3 Å². The number of hydrogen-bond donors (Lipinski definition) is 1. The smallest absolute Gasteiger partial charge is 0.255 e. The Morgan fingerprint density at radius 2 is 1.81 bits per heavy atom. The fraction of sp³-hybridized carbons (Fsp3) is 0.300. The lowest BCUT2D eigenvalue weighted by Gasteiger charge is -2.26. The van der Waals surface area contributed by atoms with E-state index >= 15 is 0 Å². The maximum atomic E-state index is 13.3. The minimum atomic E-state index is -0.331. The molecule has 1 heterocycles. The lowest BCUT2D eigenvalue weighted by Crippen LogP contribution is -2.38. The minimum Gasteiger partial charge on any atom is -0.341 e. The monoisotopic (exact) mass is 372 g/mol. The summed E-state index contributed by atoms with van der Waals surface area (Å²) in [6.07, 6.45) is 0.371. The van der Waals surface area contributed by atoms with Crippen LogP contribution in [0.5, 0.6) is 0 Å². The average Bonchev–Trinajstić information content (AvgIpc) is 2.66. The predicted molar refractivity (Wildman–Crippen MR) is 103 cm³/mol. The molecule has 2 aromatic rings. The number of thioether (sulfide) groups is 1. The Morgan fingerprint density at radius 1 is 1.12 bits per heavy atom. The molecule has 1 saturated heterocycles. The van der Waals surface area contributed by atoms with Gasteiger partial charge in [-0.3, -0.25) is 9.59 Å². The average molecular weight is 372 g/mol. The lowest BCUT2D eigenvalue weighted by molar-refractivity contribution is -0.130. The third-order valence-corrected chi connectivity index (χ3v) is 5.29. The van der Waals surface area contributed by atoms with E-state index < -0.39 is 0 Å². The number of nitrogens with one attached hydrogen (secondary N) is 1. The Labute approximate surface area is 156 Å². The molecule has 3 rings (SSSR count). The second-order valence-corrected chi connectivity index (χ2v) is 7.51. The van der Waals surface area contributed by atoms with Crippen LogP contribution in [0.25, 0.3) is 0 Å². The highest BCUT2D eigenvalue weighted by Gasteiger charge is 2.17. The number of carbonyl (C=O) groups is 2. The van der Waals surface area contributed by atoms with Crippen LogP contribution in [0.2, 0.25) is 0 Å². The van der Waals surface area contributed by atoms with Crippen molar-refractivity contribution in [1.82, 2.24) is 4.90 Å². The van der Waals surface area contributed by atoms with Crippen molar-refractivity contribution in [2.45, 2.75) is 13.3 Å². The van der Waals surface area contributed by atoms with Crippen LogP contribution >= 0.6 is 11.8 Å². The van der Waals surface area contributed by atoms with Gasteiger partial charge in [-0.2, -0.15) is 11.8 Å². The van der Waals surface area contributed by atoms with E-state index in [2.05, 4.69) is 5.32 Å². The molecule has 4 nitrogen and oxygen atoms in total. The van der Waals surface area contributed by atoms with Gasteiger partial charge in [-0.25, -0.2) is 4.39 Å². The number of halogens is 1. The van der Waals surface area contributed by atoms with Gasteiger partial charge in [-0.1, -0.05) is 12.1 Å². The van der Waals surface area contributed by atoms with Crippen molar-refractivity contribution < 1.29 is 14.0 Å². The van der Waals surface area contributed by atoms with Gasteiger partial charge < -0.3 is 10.2 Å². The van der Waals surface area contributed by atoms with Crippen LogP contribution < -0.4 is 5.32 Å². The van der Waals surface area contributed by atoms with Crippen LogP contribution in [-0.2, 0) is 11.2 Å². The summed E-state index contributed by atoms with van der Waals surface area (Å²) in [7, 11) is 0. The first kappa shape index (κ1) is 18.5. The largest absolute Gasteiger partial charge is 0.341 e. The molecule has 0 spiro atoms. The summed E-state index contributed by atoms with van der Waals surface area (Å²) in [5.41, 5.74) is 2.40. The summed E-state index contributed by atoms with van der Waals surface area (Å²) in [6, 6.07) is 11.5. The third kappa shape index (κ3) is 4.64. The number of hydrogen-bond acceptors (Lipinski definition) is 3. The van der Waals surface area contributed by atoms with Crippen molar-refractivity contribution in [1.29, 1.82) is 0 Å². The van der Waals surface area contributed by atoms with Gasteiger partial charge in [-0.05, 0) is 48.4 Å². The maximum Gasteiger partial charge on any atom is 0.255 e. The fourth-order valence-electron chi connectivity index (χ4n) is 2.79. The first-order valence-corrected chi connectivity index (χ1v) is 9.70. The molecule has 0 aromatic heterocycles. The van der Waals surface area contributed by atoms with Gasteiger partial charge in [0.1, 0.15) is 5.82 Å². The lowest BCUT2D eigenvalue weighted by atomic mass is 10.1. The molecule has 0 atom stereocenters. The van der Waals surface area contributed by atoms with Gasteiger partial charge in [0.15, 0.2) is 0 Å². The van der Waals surface area contributed by atoms with Crippen LogP contribution in [0.4, 0.5) is 10.1 Å². The number of anilines is 1. The van der Waals surface area contributed by atoms with Crippen LogP contribution in [0.3, 0.4) is 0 Å². The van der Waals surface area contributed by atoms with E-state index in [0.717, 1.165) is 30.2 Å². The Bertz CT molecular complexity index is 802. The molecule has 2 amide bonds.